The maximum Gasteiger partial charge on any atom is 0.0849 e. The van der Waals surface area contributed by atoms with Crippen LogP contribution in [-0.2, 0) is 19.9 Å². The van der Waals surface area contributed by atoms with Crippen molar-refractivity contribution in [3.05, 3.63) is 16.4 Å². The average Bonchev–Trinajstić information content (AvgIpc) is 2.49. The van der Waals surface area contributed by atoms with Crippen LogP contribution >= 0.6 is 23.2 Å². The quantitative estimate of drug-likeness (QED) is 0.753. The normalized spacial score (nSPS) is 14.1. The molecule has 98 valence electrons. The molecule has 0 saturated carbocycles. The number of aromatic nitrogens is 2. The molecule has 0 aliphatic heterocycles. The van der Waals surface area contributed by atoms with Crippen molar-refractivity contribution in [1.29, 1.82) is 0 Å². The molecule has 0 spiro atoms. The SMILES string of the molecule is CCc1nn(C)c(CCC(Cl)C(C)(C)C)c1Cl. The highest BCUT2D eigenvalue weighted by Gasteiger charge is 2.23. The highest BCUT2D eigenvalue weighted by molar-refractivity contribution is 6.31. The van der Waals surface area contributed by atoms with E-state index in [1.54, 1.807) is 0 Å². The highest BCUT2D eigenvalue weighted by Crippen LogP contribution is 2.30. The summed E-state index contributed by atoms with van der Waals surface area (Å²) in [7, 11) is 1.95. The number of nitrogens with zero attached hydrogens (tertiary/aromatic N) is 2. The second-order valence-electron chi connectivity index (χ2n) is 5.56. The molecule has 2 nitrogen and oxygen atoms in total. The number of hydrogen-bond acceptors (Lipinski definition) is 1. The van der Waals surface area contributed by atoms with Crippen LogP contribution in [0.15, 0.2) is 0 Å². The van der Waals surface area contributed by atoms with E-state index in [1.165, 1.54) is 0 Å². The molecule has 1 rings (SSSR count). The van der Waals surface area contributed by atoms with E-state index >= 15 is 0 Å². The fourth-order valence-electron chi connectivity index (χ4n) is 1.79. The molecule has 1 heterocycles. The van der Waals surface area contributed by atoms with E-state index in [2.05, 4.69) is 32.8 Å². The number of aryl methyl sites for hydroxylation is 2. The Bertz CT molecular complexity index is 378. The predicted molar refractivity (Wildman–Crippen MR) is 75.0 cm³/mol. The summed E-state index contributed by atoms with van der Waals surface area (Å²) in [6.45, 7) is 8.55. The highest BCUT2D eigenvalue weighted by atomic mass is 35.5. The van der Waals surface area contributed by atoms with Crippen molar-refractivity contribution < 1.29 is 0 Å². The van der Waals surface area contributed by atoms with Crippen molar-refractivity contribution in [2.45, 2.75) is 52.3 Å². The lowest BCUT2D eigenvalue weighted by atomic mass is 9.89. The molecule has 0 bridgehead atoms. The zero-order valence-electron chi connectivity index (χ0n) is 11.3. The summed E-state index contributed by atoms with van der Waals surface area (Å²) in [6.07, 6.45) is 2.68. The van der Waals surface area contributed by atoms with Crippen LogP contribution in [0.3, 0.4) is 0 Å². The molecule has 0 aliphatic rings. The van der Waals surface area contributed by atoms with E-state index in [4.69, 9.17) is 23.2 Å². The van der Waals surface area contributed by atoms with E-state index in [0.717, 1.165) is 35.7 Å². The van der Waals surface area contributed by atoms with Crippen molar-refractivity contribution in [3.63, 3.8) is 0 Å². The number of hydrogen-bond donors (Lipinski definition) is 0. The monoisotopic (exact) mass is 276 g/mol. The van der Waals surface area contributed by atoms with Crippen LogP contribution in [0.25, 0.3) is 0 Å². The first-order chi connectivity index (χ1) is 7.77. The van der Waals surface area contributed by atoms with Gasteiger partial charge >= 0.3 is 0 Å². The van der Waals surface area contributed by atoms with Crippen LogP contribution in [0.1, 0.15) is 45.5 Å². The van der Waals surface area contributed by atoms with Crippen LogP contribution in [0.5, 0.6) is 0 Å². The molecule has 1 unspecified atom stereocenters. The number of alkyl halides is 1. The number of halogens is 2. The summed E-state index contributed by atoms with van der Waals surface area (Å²) < 4.78 is 1.88. The molecule has 4 heteroatoms. The van der Waals surface area contributed by atoms with Gasteiger partial charge in [-0.25, -0.2) is 0 Å². The van der Waals surface area contributed by atoms with E-state index in [1.807, 2.05) is 11.7 Å². The van der Waals surface area contributed by atoms with E-state index in [0.29, 0.717) is 0 Å². The Morgan fingerprint density at radius 3 is 2.35 bits per heavy atom. The van der Waals surface area contributed by atoms with Gasteiger partial charge in [0.2, 0.25) is 0 Å². The van der Waals surface area contributed by atoms with E-state index < -0.39 is 0 Å². The molecular weight excluding hydrogens is 255 g/mol. The Morgan fingerprint density at radius 1 is 1.35 bits per heavy atom. The van der Waals surface area contributed by atoms with Gasteiger partial charge in [0.05, 0.1) is 16.4 Å². The van der Waals surface area contributed by atoms with Gasteiger partial charge in [0.1, 0.15) is 0 Å². The van der Waals surface area contributed by atoms with Gasteiger partial charge in [-0.2, -0.15) is 5.10 Å². The minimum atomic E-state index is 0.125. The summed E-state index contributed by atoms with van der Waals surface area (Å²) in [6, 6.07) is 0. The summed E-state index contributed by atoms with van der Waals surface area (Å²) in [4.78, 5) is 0. The lowest BCUT2D eigenvalue weighted by molar-refractivity contribution is 0.372. The molecule has 0 fully saturated rings. The third-order valence-electron chi connectivity index (χ3n) is 3.08. The Balaban J connectivity index is 2.73. The van der Waals surface area contributed by atoms with Crippen molar-refractivity contribution in [3.8, 4) is 0 Å². The van der Waals surface area contributed by atoms with E-state index in [-0.39, 0.29) is 10.8 Å². The largest absolute Gasteiger partial charge is 0.271 e. The minimum Gasteiger partial charge on any atom is -0.271 e. The van der Waals surface area contributed by atoms with Gasteiger partial charge in [0, 0.05) is 12.4 Å². The second kappa shape index (κ2) is 5.62. The minimum absolute atomic E-state index is 0.125. The van der Waals surface area contributed by atoms with Gasteiger partial charge in [0.25, 0.3) is 0 Å². The lowest BCUT2D eigenvalue weighted by Crippen LogP contribution is -2.21. The van der Waals surface area contributed by atoms with Crippen LogP contribution in [-0.4, -0.2) is 15.2 Å². The standard InChI is InChI=1S/C13H22Cl2N2/c1-6-9-12(15)10(17(5)16-9)7-8-11(14)13(2,3)4/h11H,6-8H2,1-5H3. The first kappa shape index (κ1) is 14.8. The first-order valence-corrected chi connectivity index (χ1v) is 6.93. The molecule has 1 aromatic rings. The topological polar surface area (TPSA) is 17.8 Å². The molecule has 1 atom stereocenters. The van der Waals surface area contributed by atoms with Crippen LogP contribution < -0.4 is 0 Å². The Morgan fingerprint density at radius 2 is 1.94 bits per heavy atom. The maximum absolute atomic E-state index is 6.38. The Labute approximate surface area is 114 Å². The maximum atomic E-state index is 6.38. The molecular formula is C13H22Cl2N2. The van der Waals surface area contributed by atoms with Gasteiger partial charge in [-0.3, -0.25) is 4.68 Å². The molecule has 0 N–H and O–H groups in total. The Kier molecular flexibility index (Phi) is 4.91. The second-order valence-corrected chi connectivity index (χ2v) is 6.46. The average molecular weight is 277 g/mol. The summed E-state index contributed by atoms with van der Waals surface area (Å²) in [5.74, 6) is 0. The van der Waals surface area contributed by atoms with Gasteiger partial charge < -0.3 is 0 Å². The third-order valence-corrected chi connectivity index (χ3v) is 4.39. The Hall–Kier alpha value is -0.210. The molecule has 0 amide bonds. The van der Waals surface area contributed by atoms with Crippen molar-refractivity contribution in [1.82, 2.24) is 9.78 Å². The lowest BCUT2D eigenvalue weighted by Gasteiger charge is -2.25. The van der Waals surface area contributed by atoms with Gasteiger partial charge in [-0.1, -0.05) is 39.3 Å². The summed E-state index contributed by atoms with van der Waals surface area (Å²) >= 11 is 12.7. The predicted octanol–water partition coefficient (Wildman–Crippen LogP) is 4.22. The molecule has 1 aromatic heterocycles. The third kappa shape index (κ3) is 3.62. The van der Waals surface area contributed by atoms with Crippen LogP contribution in [0.4, 0.5) is 0 Å². The zero-order valence-corrected chi connectivity index (χ0v) is 12.9. The fourth-order valence-corrected chi connectivity index (χ4v) is 2.29. The van der Waals surface area contributed by atoms with Crippen LogP contribution in [0, 0.1) is 5.41 Å². The zero-order chi connectivity index (χ0) is 13.2. The van der Waals surface area contributed by atoms with Crippen molar-refractivity contribution in [2.24, 2.45) is 12.5 Å². The van der Waals surface area contributed by atoms with Gasteiger partial charge in [0.15, 0.2) is 0 Å². The van der Waals surface area contributed by atoms with Crippen molar-refractivity contribution >= 4 is 23.2 Å². The smallest absolute Gasteiger partial charge is 0.0849 e. The molecule has 17 heavy (non-hydrogen) atoms. The van der Waals surface area contributed by atoms with Gasteiger partial charge in [-0.15, -0.1) is 11.6 Å². The fraction of sp³-hybridized carbons (Fsp3) is 0.769. The summed E-state index contributed by atoms with van der Waals surface area (Å²) in [5, 5.41) is 5.37. The molecule has 0 aliphatic carbocycles. The molecule has 0 saturated heterocycles. The number of rotatable bonds is 4. The van der Waals surface area contributed by atoms with Crippen molar-refractivity contribution in [2.75, 3.05) is 0 Å². The molecule has 0 radical (unpaired) electrons. The van der Waals surface area contributed by atoms with E-state index in [9.17, 15) is 0 Å². The van der Waals surface area contributed by atoms with Gasteiger partial charge in [-0.05, 0) is 24.7 Å². The molecule has 0 aromatic carbocycles. The summed E-state index contributed by atoms with van der Waals surface area (Å²) in [5.41, 5.74) is 2.20. The first-order valence-electron chi connectivity index (χ1n) is 6.11. The van der Waals surface area contributed by atoms with Crippen LogP contribution in [0.2, 0.25) is 5.02 Å².